The van der Waals surface area contributed by atoms with Crippen molar-refractivity contribution in [2.45, 2.75) is 26.2 Å². The Bertz CT molecular complexity index is 494. The molecule has 1 aromatic rings. The van der Waals surface area contributed by atoms with E-state index in [0.29, 0.717) is 0 Å². The molecule has 21 heavy (non-hydrogen) atoms. The third kappa shape index (κ3) is 3.65. The van der Waals surface area contributed by atoms with Crippen molar-refractivity contribution >= 4 is 17.2 Å². The van der Waals surface area contributed by atoms with Gasteiger partial charge in [-0.15, -0.1) is 11.3 Å². The molecule has 2 aliphatic rings. The summed E-state index contributed by atoms with van der Waals surface area (Å²) in [6.45, 7) is 7.50. The Hall–Kier alpha value is -0.910. The Morgan fingerprint density at radius 1 is 1.48 bits per heavy atom. The van der Waals surface area contributed by atoms with Gasteiger partial charge in [0, 0.05) is 36.4 Å². The number of morpholine rings is 1. The maximum Gasteiger partial charge on any atom is 0.252 e. The molecule has 0 aromatic carbocycles. The average Bonchev–Trinajstić information content (AvgIpc) is 2.91. The number of thiophene rings is 1. The molecule has 4 nitrogen and oxygen atoms in total. The first-order valence-electron chi connectivity index (χ1n) is 7.91. The minimum atomic E-state index is 0.107. The number of nitrogens with zero attached hydrogens (tertiary/aromatic N) is 1. The summed E-state index contributed by atoms with van der Waals surface area (Å²) in [5.74, 6) is 0.865. The van der Waals surface area contributed by atoms with Crippen LogP contribution in [0.2, 0.25) is 0 Å². The third-order valence-corrected chi connectivity index (χ3v) is 5.51. The second kappa shape index (κ2) is 6.90. The van der Waals surface area contributed by atoms with Gasteiger partial charge in [-0.05, 0) is 30.7 Å². The van der Waals surface area contributed by atoms with Gasteiger partial charge in [-0.25, -0.2) is 0 Å². The number of rotatable bonds is 4. The van der Waals surface area contributed by atoms with Crippen LogP contribution in [0.5, 0.6) is 0 Å². The van der Waals surface area contributed by atoms with Crippen molar-refractivity contribution in [1.29, 1.82) is 0 Å². The normalized spacial score (nSPS) is 22.8. The Labute approximate surface area is 130 Å². The summed E-state index contributed by atoms with van der Waals surface area (Å²) < 4.78 is 5.33. The van der Waals surface area contributed by atoms with Crippen LogP contribution in [0, 0.1) is 5.92 Å². The molecule has 0 bridgehead atoms. The lowest BCUT2D eigenvalue weighted by Gasteiger charge is -2.26. The van der Waals surface area contributed by atoms with E-state index in [9.17, 15) is 4.79 Å². The molecular weight excluding hydrogens is 284 g/mol. The van der Waals surface area contributed by atoms with Crippen LogP contribution in [0.4, 0.5) is 0 Å². The third-order valence-electron chi connectivity index (χ3n) is 4.46. The largest absolute Gasteiger partial charge is 0.379 e. The smallest absolute Gasteiger partial charge is 0.252 e. The molecule has 2 heterocycles. The van der Waals surface area contributed by atoms with Crippen molar-refractivity contribution in [1.82, 2.24) is 10.2 Å². The Balaban J connectivity index is 1.51. The van der Waals surface area contributed by atoms with Gasteiger partial charge < -0.3 is 10.1 Å². The van der Waals surface area contributed by atoms with Crippen LogP contribution in [-0.2, 0) is 17.6 Å². The molecule has 0 spiro atoms. The van der Waals surface area contributed by atoms with Crippen LogP contribution in [0.3, 0.4) is 0 Å². The van der Waals surface area contributed by atoms with Gasteiger partial charge in [-0.2, -0.15) is 0 Å². The predicted octanol–water partition coefficient (Wildman–Crippen LogP) is 1.93. The summed E-state index contributed by atoms with van der Waals surface area (Å²) >= 11 is 1.76. The summed E-state index contributed by atoms with van der Waals surface area (Å²) in [7, 11) is 0. The molecule has 1 N–H and O–H groups in total. The molecule has 1 aliphatic heterocycles. The Morgan fingerprint density at radius 2 is 2.29 bits per heavy atom. The zero-order valence-electron chi connectivity index (χ0n) is 12.7. The highest BCUT2D eigenvalue weighted by Crippen LogP contribution is 2.32. The van der Waals surface area contributed by atoms with Crippen molar-refractivity contribution in [2.75, 3.05) is 39.4 Å². The zero-order valence-corrected chi connectivity index (χ0v) is 13.5. The van der Waals surface area contributed by atoms with Gasteiger partial charge in [0.05, 0.1) is 18.8 Å². The van der Waals surface area contributed by atoms with Gasteiger partial charge in [0.1, 0.15) is 0 Å². The minimum Gasteiger partial charge on any atom is -0.379 e. The quantitative estimate of drug-likeness (QED) is 0.924. The van der Waals surface area contributed by atoms with Crippen LogP contribution in [0.15, 0.2) is 5.38 Å². The van der Waals surface area contributed by atoms with Crippen molar-refractivity contribution in [3.05, 3.63) is 21.4 Å². The highest BCUT2D eigenvalue weighted by molar-refractivity contribution is 7.10. The maximum absolute atomic E-state index is 12.4. The van der Waals surface area contributed by atoms with Gasteiger partial charge in [-0.3, -0.25) is 9.69 Å². The highest BCUT2D eigenvalue weighted by atomic mass is 32.1. The molecule has 1 atom stereocenters. The van der Waals surface area contributed by atoms with Gasteiger partial charge in [0.15, 0.2) is 0 Å². The minimum absolute atomic E-state index is 0.107. The van der Waals surface area contributed by atoms with Crippen molar-refractivity contribution in [2.24, 2.45) is 5.92 Å². The van der Waals surface area contributed by atoms with E-state index in [-0.39, 0.29) is 5.91 Å². The van der Waals surface area contributed by atoms with E-state index in [4.69, 9.17) is 4.74 Å². The summed E-state index contributed by atoms with van der Waals surface area (Å²) in [5.41, 5.74) is 2.23. The van der Waals surface area contributed by atoms with Gasteiger partial charge in [0.2, 0.25) is 0 Å². The van der Waals surface area contributed by atoms with E-state index in [1.54, 1.807) is 11.3 Å². The molecule has 116 valence electrons. The number of amides is 1. The molecule has 1 amide bonds. The topological polar surface area (TPSA) is 41.6 Å². The lowest BCUT2D eigenvalue weighted by Crippen LogP contribution is -2.41. The van der Waals surface area contributed by atoms with Crippen LogP contribution >= 0.6 is 11.3 Å². The number of hydrogen-bond acceptors (Lipinski definition) is 4. The SMILES string of the molecule is C[C@H]1CCc2c(C(=O)NCCN3CCOCC3)csc2C1. The molecule has 1 aliphatic carbocycles. The predicted molar refractivity (Wildman–Crippen MR) is 85.1 cm³/mol. The van der Waals surface area contributed by atoms with Gasteiger partial charge in [-0.1, -0.05) is 6.92 Å². The van der Waals surface area contributed by atoms with Crippen LogP contribution in [0.1, 0.15) is 34.1 Å². The fourth-order valence-corrected chi connectivity index (χ4v) is 4.36. The number of carbonyl (C=O) groups is 1. The first-order valence-corrected chi connectivity index (χ1v) is 8.79. The standard InChI is InChI=1S/C16H24N2O2S/c1-12-2-3-13-14(11-21-15(13)10-12)16(19)17-4-5-18-6-8-20-9-7-18/h11-12H,2-10H2,1H3,(H,17,19)/t12-/m0/s1. The van der Waals surface area contributed by atoms with Crippen LogP contribution in [-0.4, -0.2) is 50.2 Å². The second-order valence-corrected chi connectivity index (χ2v) is 7.07. The fourth-order valence-electron chi connectivity index (χ4n) is 3.12. The van der Waals surface area contributed by atoms with E-state index in [2.05, 4.69) is 17.1 Å². The molecule has 1 fully saturated rings. The van der Waals surface area contributed by atoms with Crippen molar-refractivity contribution in [3.63, 3.8) is 0 Å². The molecule has 5 heteroatoms. The van der Waals surface area contributed by atoms with Crippen LogP contribution < -0.4 is 5.32 Å². The summed E-state index contributed by atoms with van der Waals surface area (Å²) in [6.07, 6.45) is 3.41. The Morgan fingerprint density at radius 3 is 3.10 bits per heavy atom. The first kappa shape index (κ1) is 15.0. The molecule has 0 radical (unpaired) electrons. The van der Waals surface area contributed by atoms with Crippen molar-refractivity contribution < 1.29 is 9.53 Å². The number of fused-ring (bicyclic) bond motifs is 1. The molecule has 3 rings (SSSR count). The number of hydrogen-bond donors (Lipinski definition) is 1. The van der Waals surface area contributed by atoms with Crippen LogP contribution in [0.25, 0.3) is 0 Å². The zero-order chi connectivity index (χ0) is 14.7. The number of ether oxygens (including phenoxy) is 1. The average molecular weight is 308 g/mol. The summed E-state index contributed by atoms with van der Waals surface area (Å²) in [5, 5.41) is 5.13. The number of nitrogens with one attached hydrogen (secondary N) is 1. The molecule has 0 saturated carbocycles. The molecule has 1 aromatic heterocycles. The van der Waals surface area contributed by atoms with Gasteiger partial charge >= 0.3 is 0 Å². The van der Waals surface area contributed by atoms with Crippen molar-refractivity contribution in [3.8, 4) is 0 Å². The van der Waals surface area contributed by atoms with E-state index in [0.717, 1.165) is 63.7 Å². The van der Waals surface area contributed by atoms with Gasteiger partial charge in [0.25, 0.3) is 5.91 Å². The molecule has 0 unspecified atom stereocenters. The van der Waals surface area contributed by atoms with E-state index < -0.39 is 0 Å². The van der Waals surface area contributed by atoms with E-state index in [1.807, 2.05) is 5.38 Å². The Kier molecular flexibility index (Phi) is 4.93. The summed E-state index contributed by atoms with van der Waals surface area (Å²) in [6, 6.07) is 0. The first-order chi connectivity index (χ1) is 10.2. The lowest BCUT2D eigenvalue weighted by atomic mass is 9.88. The number of carbonyl (C=O) groups excluding carboxylic acids is 1. The summed E-state index contributed by atoms with van der Waals surface area (Å²) in [4.78, 5) is 16.1. The highest BCUT2D eigenvalue weighted by Gasteiger charge is 2.23. The monoisotopic (exact) mass is 308 g/mol. The molecular formula is C16H24N2O2S. The maximum atomic E-state index is 12.4. The van der Waals surface area contributed by atoms with E-state index >= 15 is 0 Å². The lowest BCUT2D eigenvalue weighted by molar-refractivity contribution is 0.0383. The van der Waals surface area contributed by atoms with E-state index in [1.165, 1.54) is 16.9 Å². The molecule has 1 saturated heterocycles. The second-order valence-electron chi connectivity index (χ2n) is 6.11. The fraction of sp³-hybridized carbons (Fsp3) is 0.688.